The lowest BCUT2D eigenvalue weighted by molar-refractivity contribution is -0.181. The van der Waals surface area contributed by atoms with Crippen LogP contribution in [0.5, 0.6) is 0 Å². The number of unbranched alkanes of at least 4 members (excludes halogenated alkanes) is 2. The molecule has 9 unspecified atom stereocenters. The molecular weight excluding hydrogens is 689 g/mol. The van der Waals surface area contributed by atoms with Crippen LogP contribution in [0.1, 0.15) is 116 Å². The van der Waals surface area contributed by atoms with Crippen LogP contribution in [0.2, 0.25) is 0 Å². The van der Waals surface area contributed by atoms with Gasteiger partial charge in [0.15, 0.2) is 0 Å². The number of carbonyl (C=O) groups excluding carboxylic acids is 1. The predicted molar refractivity (Wildman–Crippen MR) is 223 cm³/mol. The van der Waals surface area contributed by atoms with Crippen LogP contribution in [0.25, 0.3) is 0 Å². The molecule has 306 valence electrons. The maximum atomic E-state index is 12.7. The van der Waals surface area contributed by atoms with Crippen molar-refractivity contribution in [2.24, 2.45) is 23.2 Å². The van der Waals surface area contributed by atoms with E-state index in [0.29, 0.717) is 69.9 Å². The summed E-state index contributed by atoms with van der Waals surface area (Å²) >= 11 is 0. The SMILES string of the molecule is C=C(C=CC=C(C(O)CCCCC)C1CCC2(C(CCCO)C(=C(C)C=O)CCC2(O)CCNC)C1O)C1CC=C(C)C(O)NC(C)Cc2cccc(c2)C1. The lowest BCUT2D eigenvalue weighted by Crippen LogP contribution is -2.61. The van der Waals surface area contributed by atoms with E-state index < -0.39 is 35.4 Å². The molecule has 4 rings (SSSR count). The van der Waals surface area contributed by atoms with Gasteiger partial charge in [0.05, 0.1) is 17.8 Å². The van der Waals surface area contributed by atoms with E-state index in [1.165, 1.54) is 11.1 Å². The minimum atomic E-state index is -1.20. The van der Waals surface area contributed by atoms with Crippen LogP contribution < -0.4 is 10.6 Å². The van der Waals surface area contributed by atoms with Gasteiger partial charge >= 0.3 is 0 Å². The molecular formula is C47H72N2O6. The fourth-order valence-electron chi connectivity index (χ4n) is 10.1. The van der Waals surface area contributed by atoms with Gasteiger partial charge in [-0.25, -0.2) is 0 Å². The van der Waals surface area contributed by atoms with Gasteiger partial charge in [-0.2, -0.15) is 0 Å². The minimum absolute atomic E-state index is 0.0110. The first kappa shape index (κ1) is 45.0. The average molecular weight is 761 g/mol. The van der Waals surface area contributed by atoms with Crippen molar-refractivity contribution < 1.29 is 30.3 Å². The van der Waals surface area contributed by atoms with Gasteiger partial charge in [0.25, 0.3) is 0 Å². The number of hydrogen-bond donors (Lipinski definition) is 7. The van der Waals surface area contributed by atoms with Crippen molar-refractivity contribution in [2.75, 3.05) is 20.2 Å². The van der Waals surface area contributed by atoms with Crippen molar-refractivity contribution in [1.82, 2.24) is 10.6 Å². The minimum Gasteiger partial charge on any atom is -0.396 e. The summed E-state index contributed by atoms with van der Waals surface area (Å²) in [5.74, 6) is -0.586. The second kappa shape index (κ2) is 21.2. The van der Waals surface area contributed by atoms with Crippen LogP contribution in [-0.4, -0.2) is 82.1 Å². The summed E-state index contributed by atoms with van der Waals surface area (Å²) < 4.78 is 0. The van der Waals surface area contributed by atoms with E-state index in [2.05, 4.69) is 61.4 Å². The zero-order valence-corrected chi connectivity index (χ0v) is 34.4. The molecule has 2 bridgehead atoms. The number of nitrogens with one attached hydrogen (secondary N) is 2. The third-order valence-electron chi connectivity index (χ3n) is 13.2. The Bertz CT molecular complexity index is 1550. The van der Waals surface area contributed by atoms with Crippen LogP contribution in [0.3, 0.4) is 0 Å². The van der Waals surface area contributed by atoms with E-state index in [4.69, 9.17) is 0 Å². The molecule has 55 heavy (non-hydrogen) atoms. The Morgan fingerprint density at radius 2 is 1.89 bits per heavy atom. The number of benzene rings is 1. The molecule has 1 spiro atoms. The summed E-state index contributed by atoms with van der Waals surface area (Å²) in [6.45, 7) is 13.1. The molecule has 7 N–H and O–H groups in total. The van der Waals surface area contributed by atoms with E-state index in [0.717, 1.165) is 60.7 Å². The van der Waals surface area contributed by atoms with E-state index >= 15 is 0 Å². The fraction of sp³-hybridized carbons (Fsp3) is 0.638. The van der Waals surface area contributed by atoms with Gasteiger partial charge in [-0.1, -0.05) is 92.5 Å². The first-order chi connectivity index (χ1) is 26.3. The summed E-state index contributed by atoms with van der Waals surface area (Å²) in [6, 6.07) is 8.78. The summed E-state index contributed by atoms with van der Waals surface area (Å²) in [6.07, 6.45) is 16.0. The number of allylic oxidation sites excluding steroid dienone is 7. The van der Waals surface area contributed by atoms with Gasteiger partial charge in [0, 0.05) is 24.0 Å². The summed E-state index contributed by atoms with van der Waals surface area (Å²) in [7, 11) is 1.86. The Morgan fingerprint density at radius 1 is 1.15 bits per heavy atom. The smallest absolute Gasteiger partial charge is 0.145 e. The first-order valence-electron chi connectivity index (χ1n) is 21.1. The average Bonchev–Trinajstić information content (AvgIpc) is 3.50. The van der Waals surface area contributed by atoms with E-state index in [9.17, 15) is 30.3 Å². The highest BCUT2D eigenvalue weighted by atomic mass is 16.3. The topological polar surface area (TPSA) is 142 Å². The molecule has 0 amide bonds. The third-order valence-corrected chi connectivity index (χ3v) is 13.2. The van der Waals surface area contributed by atoms with Crippen molar-refractivity contribution in [3.05, 3.63) is 94.1 Å². The third kappa shape index (κ3) is 10.8. The molecule has 8 heteroatoms. The van der Waals surface area contributed by atoms with Crippen LogP contribution >= 0.6 is 0 Å². The van der Waals surface area contributed by atoms with Crippen LogP contribution in [0, 0.1) is 23.2 Å². The molecule has 9 atom stereocenters. The Morgan fingerprint density at radius 3 is 2.58 bits per heavy atom. The molecule has 1 aromatic rings. The van der Waals surface area contributed by atoms with Gasteiger partial charge in [-0.3, -0.25) is 10.1 Å². The van der Waals surface area contributed by atoms with Crippen LogP contribution in [0.15, 0.2) is 83.0 Å². The monoisotopic (exact) mass is 761 g/mol. The van der Waals surface area contributed by atoms with E-state index in [1.807, 2.05) is 39.1 Å². The maximum Gasteiger partial charge on any atom is 0.145 e. The van der Waals surface area contributed by atoms with Crippen LogP contribution in [-0.2, 0) is 17.6 Å². The maximum absolute atomic E-state index is 12.7. The number of aliphatic hydroxyl groups is 5. The number of aldehydes is 1. The van der Waals surface area contributed by atoms with E-state index in [1.54, 1.807) is 0 Å². The van der Waals surface area contributed by atoms with E-state index in [-0.39, 0.29) is 24.5 Å². The normalized spacial score (nSPS) is 32.2. The Balaban J connectivity index is 1.73. The zero-order chi connectivity index (χ0) is 40.2. The van der Waals surface area contributed by atoms with Crippen molar-refractivity contribution in [1.29, 1.82) is 0 Å². The number of hydrogen-bond acceptors (Lipinski definition) is 8. The highest BCUT2D eigenvalue weighted by Gasteiger charge is 2.65. The van der Waals surface area contributed by atoms with Gasteiger partial charge in [0.1, 0.15) is 12.5 Å². The predicted octanol–water partition coefficient (Wildman–Crippen LogP) is 6.81. The number of fused-ring (bicyclic) bond motifs is 2. The lowest BCUT2D eigenvalue weighted by atomic mass is 9.51. The van der Waals surface area contributed by atoms with Crippen LogP contribution in [0.4, 0.5) is 0 Å². The summed E-state index contributed by atoms with van der Waals surface area (Å²) in [5.41, 5.74) is 4.55. The first-order valence-corrected chi connectivity index (χ1v) is 21.1. The zero-order valence-electron chi connectivity index (χ0n) is 34.4. The molecule has 2 aliphatic carbocycles. The molecule has 1 aromatic carbocycles. The molecule has 0 aromatic heterocycles. The molecule has 1 aliphatic heterocycles. The van der Waals surface area contributed by atoms with Crippen molar-refractivity contribution in [2.45, 2.75) is 148 Å². The quantitative estimate of drug-likeness (QED) is 0.0321. The molecule has 0 radical (unpaired) electrons. The second-order valence-corrected chi connectivity index (χ2v) is 17.0. The van der Waals surface area contributed by atoms with Crippen molar-refractivity contribution >= 4 is 6.29 Å². The molecule has 2 saturated carbocycles. The fourth-order valence-corrected chi connectivity index (χ4v) is 10.1. The highest BCUT2D eigenvalue weighted by Crippen LogP contribution is 2.64. The number of rotatable bonds is 16. The van der Waals surface area contributed by atoms with Gasteiger partial charge < -0.3 is 30.8 Å². The van der Waals surface area contributed by atoms with Crippen molar-refractivity contribution in [3.8, 4) is 0 Å². The van der Waals surface area contributed by atoms with Gasteiger partial charge in [-0.15, -0.1) is 0 Å². The van der Waals surface area contributed by atoms with Gasteiger partial charge in [-0.05, 0) is 145 Å². The standard InChI is InChI=1S/C47H72N2O6/c1-7-8-9-18-43(52)40(16-10-13-32(2)38-20-19-33(3)45(54)49-35(5)28-36-14-11-15-37(29-36)30-38)41-22-24-47(44(41)53)42(17-12-27-50)39(34(4)31-51)21-23-46(47,55)25-26-48-6/h10-11,13-16,19,29,31,35,38,41-45,48-50,52-55H,2,7-9,12,17-18,20-28,30H2,1,3-6H3. The molecule has 2 fully saturated rings. The number of carbonyl (C=O) groups is 1. The molecule has 8 nitrogen and oxygen atoms in total. The molecule has 3 aliphatic rings. The molecule has 0 saturated heterocycles. The highest BCUT2D eigenvalue weighted by molar-refractivity contribution is 5.74. The Labute approximate surface area is 331 Å². The lowest BCUT2D eigenvalue weighted by Gasteiger charge is -2.57. The molecule has 1 heterocycles. The number of aliphatic hydroxyl groups excluding tert-OH is 4. The second-order valence-electron chi connectivity index (χ2n) is 17.0. The summed E-state index contributed by atoms with van der Waals surface area (Å²) in [5, 5.41) is 64.6. The van der Waals surface area contributed by atoms with Crippen molar-refractivity contribution in [3.63, 3.8) is 0 Å². The Kier molecular flexibility index (Phi) is 17.3. The summed E-state index contributed by atoms with van der Waals surface area (Å²) in [4.78, 5) is 12.2. The Hall–Kier alpha value is -2.69. The largest absolute Gasteiger partial charge is 0.396 e. The van der Waals surface area contributed by atoms with Gasteiger partial charge in [0.2, 0.25) is 0 Å².